The summed E-state index contributed by atoms with van der Waals surface area (Å²) in [6.07, 6.45) is -2.45. The number of nitrogens with zero attached hydrogens (tertiary/aromatic N) is 3. The van der Waals surface area contributed by atoms with E-state index in [9.17, 15) is 22.8 Å². The number of hydrogen-bond acceptors (Lipinski definition) is 8. The molecule has 0 atom stereocenters. The number of benzene rings is 1. The van der Waals surface area contributed by atoms with Gasteiger partial charge in [-0.1, -0.05) is 11.6 Å². The average Bonchev–Trinajstić information content (AvgIpc) is 2.75. The van der Waals surface area contributed by atoms with Crippen LogP contribution in [0.2, 0.25) is 5.02 Å². The fourth-order valence-electron chi connectivity index (χ4n) is 2.73. The highest BCUT2D eigenvalue weighted by Gasteiger charge is 2.39. The molecule has 13 heteroatoms. The number of allylic oxidation sites excluding steroid dienone is 3. The molecular formula is C19H13ClF3N5O4. The van der Waals surface area contributed by atoms with Gasteiger partial charge in [-0.2, -0.15) is 18.4 Å². The molecule has 2 heterocycles. The molecule has 1 aliphatic heterocycles. The lowest BCUT2D eigenvalue weighted by molar-refractivity contribution is -0.142. The number of halogens is 4. The van der Waals surface area contributed by atoms with E-state index in [1.807, 2.05) is 0 Å². The van der Waals surface area contributed by atoms with Gasteiger partial charge in [-0.25, -0.2) is 4.98 Å². The van der Waals surface area contributed by atoms with Crippen LogP contribution >= 0.6 is 11.6 Å². The smallest absolute Gasteiger partial charge is 0.437 e. The Balaban J connectivity index is 2.10. The fraction of sp³-hybridized carbons (Fsp3) is 0.158. The van der Waals surface area contributed by atoms with Gasteiger partial charge in [0.25, 0.3) is 5.56 Å². The van der Waals surface area contributed by atoms with E-state index in [0.717, 1.165) is 16.7 Å². The van der Waals surface area contributed by atoms with Crippen molar-refractivity contribution in [1.29, 1.82) is 5.26 Å². The van der Waals surface area contributed by atoms with Gasteiger partial charge in [0.1, 0.15) is 5.75 Å². The topological polar surface area (TPSA) is 118 Å². The third-order valence-corrected chi connectivity index (χ3v) is 4.32. The Morgan fingerprint density at radius 1 is 1.31 bits per heavy atom. The van der Waals surface area contributed by atoms with E-state index < -0.39 is 23.2 Å². The zero-order valence-corrected chi connectivity index (χ0v) is 16.9. The van der Waals surface area contributed by atoms with E-state index in [0.29, 0.717) is 12.6 Å². The lowest BCUT2D eigenvalue weighted by atomic mass is 10.2. The molecule has 0 saturated heterocycles. The molecule has 0 bridgehead atoms. The maximum absolute atomic E-state index is 13.5. The van der Waals surface area contributed by atoms with Crippen molar-refractivity contribution < 1.29 is 27.4 Å². The van der Waals surface area contributed by atoms with Crippen molar-refractivity contribution in [2.45, 2.75) is 12.7 Å². The summed E-state index contributed by atoms with van der Waals surface area (Å²) in [5.41, 5.74) is 2.81. The van der Waals surface area contributed by atoms with Crippen LogP contribution in [0.1, 0.15) is 11.3 Å². The van der Waals surface area contributed by atoms with E-state index in [1.54, 1.807) is 6.07 Å². The third-order valence-electron chi connectivity index (χ3n) is 4.10. The highest BCUT2D eigenvalue weighted by molar-refractivity contribution is 6.30. The number of carbonyl (C=O) groups excluding carboxylic acids is 1. The SMILES string of the molecule is COC1=C(Cn2cnc(C(F)(F)F)c(Oc3cc(Cl)cc(C#N)c3)c2=O)C=C(C=O)NN1. The number of nitriles is 1. The van der Waals surface area contributed by atoms with Gasteiger partial charge in [0.15, 0.2) is 12.0 Å². The Morgan fingerprint density at radius 3 is 2.69 bits per heavy atom. The number of alkyl halides is 3. The molecule has 1 aromatic carbocycles. The molecule has 9 nitrogen and oxygen atoms in total. The van der Waals surface area contributed by atoms with Crippen LogP contribution in [-0.4, -0.2) is 22.9 Å². The maximum atomic E-state index is 13.5. The summed E-state index contributed by atoms with van der Waals surface area (Å²) < 4.78 is 51.7. The number of ether oxygens (including phenoxy) is 2. The van der Waals surface area contributed by atoms with Gasteiger partial charge >= 0.3 is 6.18 Å². The Labute approximate surface area is 183 Å². The molecule has 0 saturated carbocycles. The van der Waals surface area contributed by atoms with Crippen molar-refractivity contribution in [3.05, 3.63) is 74.4 Å². The molecule has 0 spiro atoms. The lowest BCUT2D eigenvalue weighted by Gasteiger charge is -2.21. The second-order valence-electron chi connectivity index (χ2n) is 6.27. The number of hydrogen-bond donors (Lipinski definition) is 2. The van der Waals surface area contributed by atoms with Crippen LogP contribution in [0.4, 0.5) is 13.2 Å². The van der Waals surface area contributed by atoms with Gasteiger partial charge in [0, 0.05) is 10.6 Å². The second kappa shape index (κ2) is 9.03. The number of hydrazine groups is 1. The molecule has 32 heavy (non-hydrogen) atoms. The Morgan fingerprint density at radius 2 is 2.06 bits per heavy atom. The Hall–Kier alpha value is -3.98. The monoisotopic (exact) mass is 467 g/mol. The minimum atomic E-state index is -5.00. The summed E-state index contributed by atoms with van der Waals surface area (Å²) in [4.78, 5) is 27.3. The van der Waals surface area contributed by atoms with Gasteiger partial charge < -0.3 is 9.47 Å². The number of aromatic nitrogens is 2. The van der Waals surface area contributed by atoms with Gasteiger partial charge in [0.05, 0.1) is 37.3 Å². The summed E-state index contributed by atoms with van der Waals surface area (Å²) in [6.45, 7) is -0.297. The van der Waals surface area contributed by atoms with Crippen LogP contribution in [0.3, 0.4) is 0 Å². The maximum Gasteiger partial charge on any atom is 0.437 e. The van der Waals surface area contributed by atoms with Crippen molar-refractivity contribution >= 4 is 17.9 Å². The molecule has 2 aromatic rings. The number of methoxy groups -OCH3 is 1. The van der Waals surface area contributed by atoms with E-state index in [-0.39, 0.29) is 40.0 Å². The van der Waals surface area contributed by atoms with Gasteiger partial charge in [-0.05, 0) is 24.3 Å². The number of nitrogens with one attached hydrogen (secondary N) is 2. The van der Waals surface area contributed by atoms with E-state index in [1.165, 1.54) is 19.3 Å². The molecule has 0 aliphatic carbocycles. The van der Waals surface area contributed by atoms with Crippen LogP contribution in [0.5, 0.6) is 11.5 Å². The van der Waals surface area contributed by atoms with Crippen LogP contribution in [-0.2, 0) is 22.3 Å². The number of rotatable bonds is 6. The minimum absolute atomic E-state index is 0.0208. The Kier molecular flexibility index (Phi) is 6.40. The molecule has 0 unspecified atom stereocenters. The zero-order chi connectivity index (χ0) is 23.5. The fourth-order valence-corrected chi connectivity index (χ4v) is 2.95. The number of aldehydes is 1. The van der Waals surface area contributed by atoms with E-state index >= 15 is 0 Å². The van der Waals surface area contributed by atoms with Crippen molar-refractivity contribution in [2.24, 2.45) is 0 Å². The summed E-state index contributed by atoms with van der Waals surface area (Å²) in [7, 11) is 1.32. The molecule has 1 aliphatic rings. The van der Waals surface area contributed by atoms with Crippen LogP contribution in [0.25, 0.3) is 0 Å². The minimum Gasteiger partial charge on any atom is -0.481 e. The predicted molar refractivity (Wildman–Crippen MR) is 104 cm³/mol. The second-order valence-corrected chi connectivity index (χ2v) is 6.71. The molecular weight excluding hydrogens is 455 g/mol. The third kappa shape index (κ3) is 4.84. The van der Waals surface area contributed by atoms with E-state index in [4.69, 9.17) is 26.3 Å². The molecule has 3 rings (SSSR count). The number of carbonyl (C=O) groups is 1. The molecule has 2 N–H and O–H groups in total. The first kappa shape index (κ1) is 22.7. The average molecular weight is 468 g/mol. The van der Waals surface area contributed by atoms with Crippen LogP contribution < -0.4 is 21.1 Å². The highest BCUT2D eigenvalue weighted by Crippen LogP contribution is 2.35. The summed E-state index contributed by atoms with van der Waals surface area (Å²) in [5.74, 6) is -1.22. The van der Waals surface area contributed by atoms with Gasteiger partial charge in [-0.15, -0.1) is 0 Å². The molecule has 0 amide bonds. The molecule has 0 fully saturated rings. The van der Waals surface area contributed by atoms with Crippen LogP contribution in [0, 0.1) is 11.3 Å². The van der Waals surface area contributed by atoms with E-state index in [2.05, 4.69) is 15.8 Å². The first-order valence-electron chi connectivity index (χ1n) is 8.67. The lowest BCUT2D eigenvalue weighted by Crippen LogP contribution is -2.37. The standard InChI is InChI=1S/C19H13ClF3N5O4/c1-31-17-11(4-13(8-29)26-27-17)7-28-9-25-16(19(21,22)23)15(18(28)30)32-14-3-10(6-24)2-12(20)5-14/h2-5,8-9,26-27H,7H2,1H3. The normalized spacial score (nSPS) is 13.4. The van der Waals surface area contributed by atoms with Crippen LogP contribution in [0.15, 0.2) is 52.6 Å². The first-order chi connectivity index (χ1) is 15.2. The first-order valence-corrected chi connectivity index (χ1v) is 9.05. The summed E-state index contributed by atoms with van der Waals surface area (Å²) >= 11 is 5.86. The summed E-state index contributed by atoms with van der Waals surface area (Å²) in [6, 6.07) is 5.35. The Bertz CT molecular complexity index is 1230. The highest BCUT2D eigenvalue weighted by atomic mass is 35.5. The molecule has 0 radical (unpaired) electrons. The molecule has 1 aromatic heterocycles. The largest absolute Gasteiger partial charge is 0.481 e. The van der Waals surface area contributed by atoms with Gasteiger partial charge in [-0.3, -0.25) is 25.0 Å². The quantitative estimate of drug-likeness (QED) is 0.622. The van der Waals surface area contributed by atoms with Crippen molar-refractivity contribution in [2.75, 3.05) is 7.11 Å². The zero-order valence-electron chi connectivity index (χ0n) is 16.2. The van der Waals surface area contributed by atoms with Gasteiger partial charge in [0.2, 0.25) is 11.6 Å². The van der Waals surface area contributed by atoms with Crippen molar-refractivity contribution in [3.8, 4) is 17.6 Å². The summed E-state index contributed by atoms with van der Waals surface area (Å²) in [5, 5.41) is 9.05. The van der Waals surface area contributed by atoms with Crippen molar-refractivity contribution in [3.63, 3.8) is 0 Å². The molecule has 166 valence electrons. The predicted octanol–water partition coefficient (Wildman–Crippen LogP) is 2.63. The van der Waals surface area contributed by atoms with Crippen molar-refractivity contribution in [1.82, 2.24) is 20.4 Å².